The van der Waals surface area contributed by atoms with E-state index in [1.807, 2.05) is 41.3 Å². The van der Waals surface area contributed by atoms with E-state index >= 15 is 0 Å². The SMILES string of the molecule is O=C(CCl)N1CCCc2ccccc21.O=C(CSc1cc2ccccc2s1)N1CCCc2ccccc21.Sc1cc2ccccc2s1.c1ccc2sccc2c1. The number of benzene rings is 5. The lowest BCUT2D eigenvalue weighted by Crippen LogP contribution is -2.36. The van der Waals surface area contributed by atoms with Crippen molar-refractivity contribution in [3.05, 3.63) is 156 Å². The highest BCUT2D eigenvalue weighted by Gasteiger charge is 2.23. The number of hydrogen-bond acceptors (Lipinski definition) is 7. The van der Waals surface area contributed by atoms with E-state index in [0.717, 1.165) is 54.4 Å². The lowest BCUT2D eigenvalue weighted by Gasteiger charge is -2.29. The highest BCUT2D eigenvalue weighted by molar-refractivity contribution is 8.01. The smallest absolute Gasteiger partial charge is 0.241 e. The Morgan fingerprint density at radius 1 is 0.607 bits per heavy atom. The molecular weight excluding hydrogens is 808 g/mol. The number of anilines is 2. The highest BCUT2D eigenvalue weighted by atomic mass is 35.5. The van der Waals surface area contributed by atoms with Crippen molar-refractivity contribution in [2.75, 3.05) is 34.5 Å². The van der Waals surface area contributed by atoms with Crippen LogP contribution < -0.4 is 9.80 Å². The van der Waals surface area contributed by atoms with Crippen LogP contribution in [0.15, 0.2) is 153 Å². The van der Waals surface area contributed by atoms with Gasteiger partial charge >= 0.3 is 0 Å². The van der Waals surface area contributed by atoms with E-state index < -0.39 is 0 Å². The van der Waals surface area contributed by atoms with Crippen LogP contribution in [0.5, 0.6) is 0 Å². The predicted octanol–water partition coefficient (Wildman–Crippen LogP) is 13.3. The molecule has 4 nitrogen and oxygen atoms in total. The van der Waals surface area contributed by atoms with E-state index in [1.165, 1.54) is 45.6 Å². The van der Waals surface area contributed by atoms with Gasteiger partial charge < -0.3 is 9.80 Å². The lowest BCUT2D eigenvalue weighted by atomic mass is 10.0. The molecule has 10 rings (SSSR count). The summed E-state index contributed by atoms with van der Waals surface area (Å²) in [5.41, 5.74) is 4.67. The average Bonchev–Trinajstić information content (AvgIpc) is 4.00. The van der Waals surface area contributed by atoms with E-state index in [9.17, 15) is 9.59 Å². The molecule has 2 aliphatic rings. The van der Waals surface area contributed by atoms with Gasteiger partial charge in [0.05, 0.1) is 14.2 Å². The van der Waals surface area contributed by atoms with Crippen molar-refractivity contribution in [3.8, 4) is 0 Å². The maximum Gasteiger partial charge on any atom is 0.241 e. The number of fused-ring (bicyclic) bond motifs is 5. The molecule has 284 valence electrons. The number of nitrogens with zero attached hydrogens (tertiary/aromatic N) is 2. The average molecular weight is 850 g/mol. The van der Waals surface area contributed by atoms with Crippen LogP contribution in [0.4, 0.5) is 11.4 Å². The molecule has 0 bridgehead atoms. The minimum atomic E-state index is -0.00110. The van der Waals surface area contributed by atoms with Crippen molar-refractivity contribution in [3.63, 3.8) is 0 Å². The molecule has 5 heterocycles. The van der Waals surface area contributed by atoms with E-state index in [2.05, 4.69) is 121 Å². The maximum atomic E-state index is 12.7. The summed E-state index contributed by atoms with van der Waals surface area (Å²) in [5, 5.41) is 6.01. The van der Waals surface area contributed by atoms with Crippen molar-refractivity contribution in [2.24, 2.45) is 0 Å². The third-order valence-corrected chi connectivity index (χ3v) is 14.2. The lowest BCUT2D eigenvalue weighted by molar-refractivity contribution is -0.117. The van der Waals surface area contributed by atoms with Crippen LogP contribution in [0.2, 0.25) is 0 Å². The maximum absolute atomic E-state index is 12.7. The number of aryl methyl sites for hydroxylation is 2. The first-order valence-corrected chi connectivity index (χ1v) is 23.0. The van der Waals surface area contributed by atoms with Crippen molar-refractivity contribution in [1.82, 2.24) is 0 Å². The van der Waals surface area contributed by atoms with Crippen molar-refractivity contribution in [2.45, 2.75) is 34.1 Å². The van der Waals surface area contributed by atoms with Gasteiger partial charge in [-0.25, -0.2) is 0 Å². The number of carbonyl (C=O) groups excluding carboxylic acids is 2. The Kier molecular flexibility index (Phi) is 14.2. The minimum Gasteiger partial charge on any atom is -0.311 e. The summed E-state index contributed by atoms with van der Waals surface area (Å²) in [6, 6.07) is 47.8. The molecule has 2 aliphatic heterocycles. The summed E-state index contributed by atoms with van der Waals surface area (Å²) in [4.78, 5) is 27.9. The number of carbonyl (C=O) groups is 2. The molecule has 0 spiro atoms. The molecule has 0 saturated carbocycles. The van der Waals surface area contributed by atoms with Crippen LogP contribution >= 0.6 is 70.0 Å². The second-order valence-electron chi connectivity index (χ2n) is 13.2. The fourth-order valence-electron chi connectivity index (χ4n) is 6.77. The Hall–Kier alpha value is -4.09. The summed E-state index contributed by atoms with van der Waals surface area (Å²) in [6.45, 7) is 1.63. The summed E-state index contributed by atoms with van der Waals surface area (Å²) in [7, 11) is 0. The first-order valence-electron chi connectivity index (χ1n) is 18.5. The number of thioether (sulfide) groups is 1. The number of amides is 2. The van der Waals surface area contributed by atoms with Gasteiger partial charge in [0.15, 0.2) is 0 Å². The molecule has 5 aromatic carbocycles. The standard InChI is InChI=1S/C19H17NOS2.C11H12ClNO.C8H6S2.C8H6S/c21-18(20-11-5-8-14-6-1-3-9-16(14)20)13-22-19-12-15-7-2-4-10-17(15)23-19;12-8-11(14)13-7-3-5-9-4-1-2-6-10(9)13;9-8-5-6-3-1-2-4-7(6)10-8;1-2-4-8-7(3-1)5-6-9-8/h1-4,6-7,9-10,12H,5,8,11,13H2;1-2,4,6H,3,5,7-8H2;1-5,9H;1-6H. The van der Waals surface area contributed by atoms with Gasteiger partial charge in [-0.05, 0) is 107 Å². The van der Waals surface area contributed by atoms with Crippen LogP contribution in [-0.4, -0.2) is 36.5 Å². The first kappa shape index (κ1) is 40.1. The fraction of sp³-hybridized carbons (Fsp3) is 0.174. The molecule has 8 aromatic rings. The summed E-state index contributed by atoms with van der Waals surface area (Å²) in [5.74, 6) is 0.772. The van der Waals surface area contributed by atoms with Crippen LogP contribution in [0.25, 0.3) is 30.3 Å². The van der Waals surface area contributed by atoms with Gasteiger partial charge in [0.1, 0.15) is 5.88 Å². The molecule has 2 amide bonds. The van der Waals surface area contributed by atoms with E-state index in [0.29, 0.717) is 5.75 Å². The molecule has 56 heavy (non-hydrogen) atoms. The Morgan fingerprint density at radius 3 is 1.71 bits per heavy atom. The molecule has 0 saturated heterocycles. The van der Waals surface area contributed by atoms with Gasteiger partial charge in [-0.15, -0.1) is 70.0 Å². The Morgan fingerprint density at radius 2 is 1.12 bits per heavy atom. The van der Waals surface area contributed by atoms with Gasteiger partial charge in [0.25, 0.3) is 0 Å². The monoisotopic (exact) mass is 848 g/mol. The van der Waals surface area contributed by atoms with Gasteiger partial charge in [0, 0.05) is 38.6 Å². The van der Waals surface area contributed by atoms with Crippen LogP contribution in [0, 0.1) is 0 Å². The second kappa shape index (κ2) is 19.9. The molecule has 0 fully saturated rings. The zero-order valence-corrected chi connectivity index (χ0v) is 35.6. The zero-order valence-electron chi connectivity index (χ0n) is 30.7. The van der Waals surface area contributed by atoms with Gasteiger partial charge in [0.2, 0.25) is 11.8 Å². The Labute approximate surface area is 355 Å². The molecule has 10 heteroatoms. The van der Waals surface area contributed by atoms with Crippen LogP contribution in [0.3, 0.4) is 0 Å². The normalized spacial score (nSPS) is 13.0. The van der Waals surface area contributed by atoms with Gasteiger partial charge in [-0.1, -0.05) is 91.0 Å². The van der Waals surface area contributed by atoms with Crippen LogP contribution in [0.1, 0.15) is 24.0 Å². The third kappa shape index (κ3) is 10.3. The number of rotatable bonds is 4. The van der Waals surface area contributed by atoms with E-state index in [-0.39, 0.29) is 17.7 Å². The third-order valence-electron chi connectivity index (χ3n) is 9.45. The molecule has 0 radical (unpaired) electrons. The van der Waals surface area contributed by atoms with Gasteiger partial charge in [-0.3, -0.25) is 9.59 Å². The Bertz CT molecular complexity index is 2450. The predicted molar refractivity (Wildman–Crippen MR) is 248 cm³/mol. The zero-order chi connectivity index (χ0) is 38.7. The van der Waals surface area contributed by atoms with E-state index in [1.54, 1.807) is 50.7 Å². The molecule has 3 aromatic heterocycles. The largest absolute Gasteiger partial charge is 0.311 e. The molecular formula is C46H41ClN2O2S5. The summed E-state index contributed by atoms with van der Waals surface area (Å²) in [6.07, 6.45) is 4.21. The number of thiophene rings is 3. The number of para-hydroxylation sites is 2. The minimum absolute atomic E-state index is 0.00110. The van der Waals surface area contributed by atoms with Crippen molar-refractivity contribution in [1.29, 1.82) is 0 Å². The summed E-state index contributed by atoms with van der Waals surface area (Å²) >= 11 is 16.7. The van der Waals surface area contributed by atoms with Crippen molar-refractivity contribution >= 4 is 123 Å². The van der Waals surface area contributed by atoms with E-state index in [4.69, 9.17) is 11.6 Å². The number of alkyl halides is 1. The summed E-state index contributed by atoms with van der Waals surface area (Å²) < 4.78 is 6.27. The first-order chi connectivity index (χ1) is 27.5. The fourth-order valence-corrected chi connectivity index (χ4v) is 11.1. The molecule has 0 aliphatic carbocycles. The number of thiol groups is 1. The topological polar surface area (TPSA) is 40.6 Å². The molecule has 0 atom stereocenters. The number of halogens is 1. The number of hydrogen-bond donors (Lipinski definition) is 1. The van der Waals surface area contributed by atoms with Gasteiger partial charge in [-0.2, -0.15) is 0 Å². The second-order valence-corrected chi connectivity index (χ2v) is 18.6. The van der Waals surface area contributed by atoms with Crippen molar-refractivity contribution < 1.29 is 9.59 Å². The highest BCUT2D eigenvalue weighted by Crippen LogP contribution is 2.34. The molecule has 0 N–H and O–H groups in total. The quantitative estimate of drug-likeness (QED) is 0.109. The molecule has 0 unspecified atom stereocenters. The Balaban J connectivity index is 0.000000124. The van der Waals surface area contributed by atoms with Crippen LogP contribution in [-0.2, 0) is 22.4 Å².